The second-order valence-corrected chi connectivity index (χ2v) is 4.28. The van der Waals surface area contributed by atoms with Crippen molar-refractivity contribution in [3.05, 3.63) is 41.0 Å². The van der Waals surface area contributed by atoms with Gasteiger partial charge in [0, 0.05) is 18.4 Å². The predicted octanol–water partition coefficient (Wildman–Crippen LogP) is 2.99. The summed E-state index contributed by atoms with van der Waals surface area (Å²) < 4.78 is 5.37. The van der Waals surface area contributed by atoms with Crippen molar-refractivity contribution < 1.29 is 4.74 Å². The monoisotopic (exact) mass is 278 g/mol. The van der Waals surface area contributed by atoms with E-state index in [1.165, 1.54) is 0 Å². The number of nitrogens with two attached hydrogens (primary N) is 1. The van der Waals surface area contributed by atoms with E-state index in [0.717, 1.165) is 11.3 Å². The van der Waals surface area contributed by atoms with Gasteiger partial charge < -0.3 is 15.8 Å². The van der Waals surface area contributed by atoms with E-state index in [1.54, 1.807) is 6.07 Å². The van der Waals surface area contributed by atoms with Gasteiger partial charge in [-0.1, -0.05) is 23.7 Å². The number of halogens is 1. The number of rotatable bonds is 5. The van der Waals surface area contributed by atoms with Gasteiger partial charge in [-0.05, 0) is 24.6 Å². The number of benzene rings is 1. The van der Waals surface area contributed by atoms with Crippen molar-refractivity contribution in [3.63, 3.8) is 0 Å². The fraction of sp³-hybridized carbons (Fsp3) is 0.231. The second kappa shape index (κ2) is 6.36. The Labute approximate surface area is 116 Å². The minimum absolute atomic E-state index is 0.139. The van der Waals surface area contributed by atoms with Crippen molar-refractivity contribution in [2.75, 3.05) is 17.7 Å². The summed E-state index contributed by atoms with van der Waals surface area (Å²) in [4.78, 5) is 7.87. The molecule has 0 bridgehead atoms. The van der Waals surface area contributed by atoms with Crippen LogP contribution in [0.1, 0.15) is 12.5 Å². The fourth-order valence-corrected chi connectivity index (χ4v) is 1.80. The maximum absolute atomic E-state index is 5.83. The Kier molecular flexibility index (Phi) is 4.54. The summed E-state index contributed by atoms with van der Waals surface area (Å²) in [6.07, 6.45) is 0. The van der Waals surface area contributed by atoms with E-state index in [4.69, 9.17) is 22.1 Å². The number of ether oxygens (including phenoxy) is 1. The molecule has 0 spiro atoms. The maximum atomic E-state index is 5.83. The molecule has 0 radical (unpaired) electrons. The highest BCUT2D eigenvalue weighted by atomic mass is 35.5. The van der Waals surface area contributed by atoms with Gasteiger partial charge in [-0.25, -0.2) is 4.98 Å². The van der Waals surface area contributed by atoms with Crippen LogP contribution in [0, 0.1) is 0 Å². The molecular weight excluding hydrogens is 264 g/mol. The molecule has 0 amide bonds. The molecule has 3 N–H and O–H groups in total. The van der Waals surface area contributed by atoms with Crippen LogP contribution in [-0.4, -0.2) is 16.6 Å². The van der Waals surface area contributed by atoms with Crippen LogP contribution >= 0.6 is 11.6 Å². The zero-order valence-corrected chi connectivity index (χ0v) is 11.3. The number of hydrogen-bond donors (Lipinski definition) is 2. The number of aromatic nitrogens is 2. The van der Waals surface area contributed by atoms with Gasteiger partial charge in [-0.2, -0.15) is 4.98 Å². The Morgan fingerprint density at radius 3 is 2.89 bits per heavy atom. The number of nitrogens with zero attached hydrogens (tertiary/aromatic N) is 2. The zero-order valence-electron chi connectivity index (χ0n) is 10.6. The van der Waals surface area contributed by atoms with Gasteiger partial charge in [0.2, 0.25) is 5.95 Å². The summed E-state index contributed by atoms with van der Waals surface area (Å²) in [5.74, 6) is 0.700. The molecule has 1 aromatic heterocycles. The maximum Gasteiger partial charge on any atom is 0.223 e. The number of anilines is 3. The van der Waals surface area contributed by atoms with E-state index in [1.807, 2.05) is 31.2 Å². The second-order valence-electron chi connectivity index (χ2n) is 3.90. The summed E-state index contributed by atoms with van der Waals surface area (Å²) in [6.45, 7) is 3.24. The first-order valence-corrected chi connectivity index (χ1v) is 6.29. The molecule has 19 heavy (non-hydrogen) atoms. The number of nitrogen functional groups attached to an aromatic ring is 1. The van der Waals surface area contributed by atoms with Crippen LogP contribution in [0.4, 0.5) is 17.5 Å². The lowest BCUT2D eigenvalue weighted by molar-refractivity contribution is 0.134. The van der Waals surface area contributed by atoms with Crippen LogP contribution in [0.15, 0.2) is 30.3 Å². The molecule has 0 saturated heterocycles. The molecule has 100 valence electrons. The third kappa shape index (κ3) is 4.08. The molecule has 2 aromatic rings. The van der Waals surface area contributed by atoms with Crippen LogP contribution in [0.25, 0.3) is 0 Å². The van der Waals surface area contributed by atoms with Crippen LogP contribution in [0.5, 0.6) is 0 Å². The van der Waals surface area contributed by atoms with E-state index in [-0.39, 0.29) is 5.95 Å². The van der Waals surface area contributed by atoms with Crippen molar-refractivity contribution in [1.82, 2.24) is 9.97 Å². The Hall–Kier alpha value is -1.85. The molecule has 0 fully saturated rings. The Bertz CT molecular complexity index is 542. The van der Waals surface area contributed by atoms with Crippen molar-refractivity contribution in [1.29, 1.82) is 0 Å². The van der Waals surface area contributed by atoms with Gasteiger partial charge in [0.15, 0.2) is 0 Å². The highest BCUT2D eigenvalue weighted by molar-refractivity contribution is 6.29. The van der Waals surface area contributed by atoms with Crippen molar-refractivity contribution in [2.45, 2.75) is 13.5 Å². The molecule has 0 aliphatic rings. The van der Waals surface area contributed by atoms with Crippen LogP contribution in [-0.2, 0) is 11.3 Å². The van der Waals surface area contributed by atoms with Crippen LogP contribution in [0.2, 0.25) is 5.15 Å². The van der Waals surface area contributed by atoms with Crippen LogP contribution in [0.3, 0.4) is 0 Å². The minimum atomic E-state index is 0.139. The standard InChI is InChI=1S/C13H15ClN4O/c1-2-19-8-9-4-3-5-10(6-9)16-12-7-11(14)17-13(15)18-12/h3-7H,2,8H2,1H3,(H3,15,16,17,18). The lowest BCUT2D eigenvalue weighted by Crippen LogP contribution is -2.00. The molecule has 0 aliphatic heterocycles. The van der Waals surface area contributed by atoms with Crippen LogP contribution < -0.4 is 11.1 Å². The summed E-state index contributed by atoms with van der Waals surface area (Å²) in [6, 6.07) is 9.49. The molecule has 0 aliphatic carbocycles. The smallest absolute Gasteiger partial charge is 0.223 e. The number of hydrogen-bond acceptors (Lipinski definition) is 5. The van der Waals surface area contributed by atoms with E-state index in [0.29, 0.717) is 24.2 Å². The minimum Gasteiger partial charge on any atom is -0.377 e. The quantitative estimate of drug-likeness (QED) is 0.823. The predicted molar refractivity (Wildman–Crippen MR) is 76.5 cm³/mol. The molecule has 1 aromatic carbocycles. The molecule has 1 heterocycles. The largest absolute Gasteiger partial charge is 0.377 e. The molecule has 0 atom stereocenters. The summed E-state index contributed by atoms with van der Waals surface area (Å²) in [5.41, 5.74) is 7.52. The SMILES string of the molecule is CCOCc1cccc(Nc2cc(Cl)nc(N)n2)c1. The molecule has 0 unspecified atom stereocenters. The van der Waals surface area contributed by atoms with E-state index >= 15 is 0 Å². The van der Waals surface area contributed by atoms with E-state index in [2.05, 4.69) is 15.3 Å². The summed E-state index contributed by atoms with van der Waals surface area (Å²) >= 11 is 5.83. The Morgan fingerprint density at radius 1 is 1.32 bits per heavy atom. The molecular formula is C13H15ClN4O. The fourth-order valence-electron chi connectivity index (χ4n) is 1.61. The van der Waals surface area contributed by atoms with Gasteiger partial charge in [-0.3, -0.25) is 0 Å². The van der Waals surface area contributed by atoms with Crippen molar-refractivity contribution >= 4 is 29.1 Å². The Balaban J connectivity index is 2.13. The average Bonchev–Trinajstić information content (AvgIpc) is 2.35. The number of nitrogens with one attached hydrogen (secondary N) is 1. The van der Waals surface area contributed by atoms with E-state index in [9.17, 15) is 0 Å². The normalized spacial score (nSPS) is 10.4. The highest BCUT2D eigenvalue weighted by Crippen LogP contribution is 2.19. The van der Waals surface area contributed by atoms with E-state index < -0.39 is 0 Å². The molecule has 0 saturated carbocycles. The summed E-state index contributed by atoms with van der Waals surface area (Å²) in [5, 5.41) is 3.44. The summed E-state index contributed by atoms with van der Waals surface area (Å²) in [7, 11) is 0. The topological polar surface area (TPSA) is 73.1 Å². The van der Waals surface area contributed by atoms with Crippen molar-refractivity contribution in [3.8, 4) is 0 Å². The Morgan fingerprint density at radius 2 is 2.16 bits per heavy atom. The lowest BCUT2D eigenvalue weighted by Gasteiger charge is -2.08. The third-order valence-corrected chi connectivity index (χ3v) is 2.58. The van der Waals surface area contributed by atoms with Gasteiger partial charge in [0.25, 0.3) is 0 Å². The highest BCUT2D eigenvalue weighted by Gasteiger charge is 2.02. The van der Waals surface area contributed by atoms with Crippen molar-refractivity contribution in [2.24, 2.45) is 0 Å². The molecule has 6 heteroatoms. The van der Waals surface area contributed by atoms with Gasteiger partial charge in [-0.15, -0.1) is 0 Å². The first-order valence-electron chi connectivity index (χ1n) is 5.91. The van der Waals surface area contributed by atoms with Gasteiger partial charge >= 0.3 is 0 Å². The lowest BCUT2D eigenvalue weighted by atomic mass is 10.2. The van der Waals surface area contributed by atoms with Gasteiger partial charge in [0.1, 0.15) is 11.0 Å². The first kappa shape index (κ1) is 13.6. The molecule has 5 nitrogen and oxygen atoms in total. The molecule has 2 rings (SSSR count). The average molecular weight is 279 g/mol. The van der Waals surface area contributed by atoms with Gasteiger partial charge in [0.05, 0.1) is 6.61 Å². The third-order valence-electron chi connectivity index (χ3n) is 2.38. The first-order chi connectivity index (χ1) is 9.17. The zero-order chi connectivity index (χ0) is 13.7.